The summed E-state index contributed by atoms with van der Waals surface area (Å²) < 4.78 is 1.82. The molecule has 0 fully saturated rings. The van der Waals surface area contributed by atoms with E-state index < -0.39 is 0 Å². The zero-order chi connectivity index (χ0) is 16.3. The summed E-state index contributed by atoms with van der Waals surface area (Å²) in [5, 5.41) is 7.34. The van der Waals surface area contributed by atoms with Crippen LogP contribution in [0.3, 0.4) is 0 Å². The number of nitrogens with one attached hydrogen (secondary N) is 1. The third kappa shape index (κ3) is 3.69. The molecular weight excluding hydrogens is 278 g/mol. The second-order valence-corrected chi connectivity index (χ2v) is 6.34. The van der Waals surface area contributed by atoms with E-state index in [0.717, 1.165) is 17.1 Å². The maximum absolute atomic E-state index is 12.3. The molecule has 6 nitrogen and oxygen atoms in total. The van der Waals surface area contributed by atoms with Crippen molar-refractivity contribution in [1.29, 1.82) is 0 Å². The number of carbonyl (C=O) groups is 1. The Bertz CT molecular complexity index is 669. The Morgan fingerprint density at radius 1 is 1.18 bits per heavy atom. The fraction of sp³-hybridized carbons (Fsp3) is 0.500. The van der Waals surface area contributed by atoms with Gasteiger partial charge in [-0.1, -0.05) is 0 Å². The maximum Gasteiger partial charge on any atom is 0.254 e. The highest BCUT2D eigenvalue weighted by atomic mass is 16.1. The number of aryl methyl sites for hydroxylation is 2. The lowest BCUT2D eigenvalue weighted by atomic mass is 10.1. The molecule has 2 rings (SSSR count). The molecule has 0 bridgehead atoms. The van der Waals surface area contributed by atoms with Gasteiger partial charge in [0.25, 0.3) is 5.91 Å². The third-order valence-corrected chi connectivity index (χ3v) is 3.46. The minimum Gasteiger partial charge on any atom is -0.352 e. The molecule has 2 heterocycles. The number of hydrogen-bond acceptors (Lipinski definition) is 4. The molecule has 0 aromatic carbocycles. The first-order valence-corrected chi connectivity index (χ1v) is 7.40. The van der Waals surface area contributed by atoms with E-state index in [1.54, 1.807) is 18.6 Å². The van der Waals surface area contributed by atoms with E-state index in [0.29, 0.717) is 18.5 Å². The highest BCUT2D eigenvalue weighted by molar-refractivity contribution is 5.95. The van der Waals surface area contributed by atoms with Crippen molar-refractivity contribution >= 4 is 5.91 Å². The van der Waals surface area contributed by atoms with E-state index in [-0.39, 0.29) is 11.4 Å². The molecule has 1 amide bonds. The lowest BCUT2D eigenvalue weighted by molar-refractivity contribution is 0.0953. The fourth-order valence-corrected chi connectivity index (χ4v) is 2.10. The Labute approximate surface area is 131 Å². The molecule has 2 aromatic rings. The molecule has 0 spiro atoms. The van der Waals surface area contributed by atoms with Crippen molar-refractivity contribution in [1.82, 2.24) is 25.1 Å². The Morgan fingerprint density at radius 3 is 2.45 bits per heavy atom. The second kappa shape index (κ2) is 6.25. The lowest BCUT2D eigenvalue weighted by Gasteiger charge is -2.18. The Morgan fingerprint density at radius 2 is 1.86 bits per heavy atom. The van der Waals surface area contributed by atoms with Gasteiger partial charge >= 0.3 is 0 Å². The Balaban J connectivity index is 1.98. The Hall–Kier alpha value is -2.24. The largest absolute Gasteiger partial charge is 0.352 e. The molecule has 0 saturated carbocycles. The normalized spacial score (nSPS) is 11.5. The first kappa shape index (κ1) is 16.1. The van der Waals surface area contributed by atoms with Crippen molar-refractivity contribution in [2.24, 2.45) is 0 Å². The summed E-state index contributed by atoms with van der Waals surface area (Å²) >= 11 is 0. The van der Waals surface area contributed by atoms with Gasteiger partial charge in [-0.15, -0.1) is 0 Å². The number of carbonyl (C=O) groups excluding carboxylic acids is 1. The fourth-order valence-electron chi connectivity index (χ4n) is 2.10. The molecule has 0 aliphatic rings. The summed E-state index contributed by atoms with van der Waals surface area (Å²) in [7, 11) is 0. The number of nitrogens with zero attached hydrogens (tertiary/aromatic N) is 4. The van der Waals surface area contributed by atoms with Gasteiger partial charge in [0.05, 0.1) is 28.2 Å². The lowest BCUT2D eigenvalue weighted by Crippen LogP contribution is -2.26. The van der Waals surface area contributed by atoms with Gasteiger partial charge in [0.1, 0.15) is 0 Å². The minimum absolute atomic E-state index is 0.102. The van der Waals surface area contributed by atoms with E-state index >= 15 is 0 Å². The van der Waals surface area contributed by atoms with Crippen LogP contribution in [0.5, 0.6) is 0 Å². The highest BCUT2D eigenvalue weighted by Gasteiger charge is 2.19. The van der Waals surface area contributed by atoms with Crippen LogP contribution in [-0.4, -0.2) is 32.2 Å². The summed E-state index contributed by atoms with van der Waals surface area (Å²) in [5.41, 5.74) is 3.02. The van der Waals surface area contributed by atoms with Crippen molar-refractivity contribution in [3.05, 3.63) is 41.2 Å². The first-order chi connectivity index (χ1) is 10.3. The topological polar surface area (TPSA) is 72.7 Å². The summed E-state index contributed by atoms with van der Waals surface area (Å²) in [4.78, 5) is 20.7. The van der Waals surface area contributed by atoms with E-state index in [4.69, 9.17) is 0 Å². The quantitative estimate of drug-likeness (QED) is 0.937. The molecular formula is C16H23N5O. The van der Waals surface area contributed by atoms with E-state index in [9.17, 15) is 4.79 Å². The van der Waals surface area contributed by atoms with Crippen LogP contribution in [-0.2, 0) is 12.0 Å². The van der Waals surface area contributed by atoms with Crippen molar-refractivity contribution in [3.8, 4) is 0 Å². The summed E-state index contributed by atoms with van der Waals surface area (Å²) in [6.45, 7) is 10.5. The zero-order valence-electron chi connectivity index (χ0n) is 13.8. The molecule has 2 aromatic heterocycles. The Kier molecular flexibility index (Phi) is 4.59. The van der Waals surface area contributed by atoms with Gasteiger partial charge < -0.3 is 5.32 Å². The molecule has 6 heteroatoms. The minimum atomic E-state index is -0.139. The molecule has 0 unspecified atom stereocenters. The molecule has 22 heavy (non-hydrogen) atoms. The zero-order valence-corrected chi connectivity index (χ0v) is 13.8. The summed E-state index contributed by atoms with van der Waals surface area (Å²) in [5.74, 6) is -0.102. The van der Waals surface area contributed by atoms with Crippen molar-refractivity contribution in [2.45, 2.75) is 46.6 Å². The predicted octanol–water partition coefficient (Wildman–Crippen LogP) is 2.02. The van der Waals surface area contributed by atoms with Crippen LogP contribution in [0.1, 0.15) is 48.2 Å². The molecule has 0 aliphatic carbocycles. The van der Waals surface area contributed by atoms with Crippen LogP contribution in [0.4, 0.5) is 0 Å². The number of aromatic nitrogens is 4. The van der Waals surface area contributed by atoms with Crippen LogP contribution in [0.25, 0.3) is 0 Å². The average molecular weight is 301 g/mol. The van der Waals surface area contributed by atoms with Crippen molar-refractivity contribution in [3.63, 3.8) is 0 Å². The van der Waals surface area contributed by atoms with E-state index in [1.807, 2.05) is 18.5 Å². The van der Waals surface area contributed by atoms with Gasteiger partial charge in [-0.3, -0.25) is 19.4 Å². The molecule has 0 radical (unpaired) electrons. The number of hydrogen-bond donors (Lipinski definition) is 1. The van der Waals surface area contributed by atoms with Crippen LogP contribution in [0.2, 0.25) is 0 Å². The molecule has 0 saturated heterocycles. The van der Waals surface area contributed by atoms with Gasteiger partial charge in [-0.25, -0.2) is 0 Å². The van der Waals surface area contributed by atoms with E-state index in [1.165, 1.54) is 0 Å². The predicted molar refractivity (Wildman–Crippen MR) is 84.8 cm³/mol. The second-order valence-electron chi connectivity index (χ2n) is 6.34. The number of rotatable bonds is 4. The van der Waals surface area contributed by atoms with Crippen molar-refractivity contribution < 1.29 is 4.79 Å². The monoisotopic (exact) mass is 301 g/mol. The van der Waals surface area contributed by atoms with Gasteiger partial charge in [-0.05, 0) is 34.6 Å². The van der Waals surface area contributed by atoms with Gasteiger partial charge in [0.2, 0.25) is 0 Å². The van der Waals surface area contributed by atoms with Crippen LogP contribution in [0, 0.1) is 13.8 Å². The standard InChI is InChI=1S/C16H23N5O/c1-11-13(10-21(20-11)16(3,4)5)15(22)19-7-6-14-12(2)17-8-9-18-14/h8-10H,6-7H2,1-5H3,(H,19,22). The van der Waals surface area contributed by atoms with Crippen molar-refractivity contribution in [2.75, 3.05) is 6.54 Å². The highest BCUT2D eigenvalue weighted by Crippen LogP contribution is 2.16. The van der Waals surface area contributed by atoms with Crippen LogP contribution >= 0.6 is 0 Å². The molecule has 1 N–H and O–H groups in total. The molecule has 0 atom stereocenters. The SMILES string of the molecule is Cc1nn(C(C)(C)C)cc1C(=O)NCCc1nccnc1C. The van der Waals surface area contributed by atoms with Gasteiger partial charge in [0, 0.05) is 31.6 Å². The number of amides is 1. The van der Waals surface area contributed by atoms with Gasteiger partial charge in [0.15, 0.2) is 0 Å². The molecule has 0 aliphatic heterocycles. The maximum atomic E-state index is 12.3. The van der Waals surface area contributed by atoms with Gasteiger partial charge in [-0.2, -0.15) is 5.10 Å². The summed E-state index contributed by atoms with van der Waals surface area (Å²) in [6, 6.07) is 0. The smallest absolute Gasteiger partial charge is 0.254 e. The van der Waals surface area contributed by atoms with Crippen LogP contribution in [0.15, 0.2) is 18.6 Å². The summed E-state index contributed by atoms with van der Waals surface area (Å²) in [6.07, 6.45) is 5.80. The van der Waals surface area contributed by atoms with Crippen LogP contribution < -0.4 is 5.32 Å². The van der Waals surface area contributed by atoms with E-state index in [2.05, 4.69) is 41.2 Å². The molecule has 118 valence electrons. The first-order valence-electron chi connectivity index (χ1n) is 7.40. The average Bonchev–Trinajstić information content (AvgIpc) is 2.83. The third-order valence-electron chi connectivity index (χ3n) is 3.46.